The zero-order valence-electron chi connectivity index (χ0n) is 8.35. The van der Waals surface area contributed by atoms with Gasteiger partial charge in [-0.15, -0.1) is 0 Å². The van der Waals surface area contributed by atoms with Crippen LogP contribution in [-0.2, 0) is 4.79 Å². The van der Waals surface area contributed by atoms with Crippen LogP contribution in [0, 0.1) is 5.92 Å². The van der Waals surface area contributed by atoms with Crippen LogP contribution in [0.2, 0.25) is 0 Å². The number of hydrogen-bond acceptors (Lipinski definition) is 4. The molecule has 1 fully saturated rings. The van der Waals surface area contributed by atoms with Crippen LogP contribution in [0.25, 0.3) is 0 Å². The van der Waals surface area contributed by atoms with Gasteiger partial charge in [0.2, 0.25) is 5.89 Å². The van der Waals surface area contributed by atoms with E-state index in [-0.39, 0.29) is 18.4 Å². The molecular formula is C10H14N2O3. The van der Waals surface area contributed by atoms with Crippen LogP contribution in [0.1, 0.15) is 31.2 Å². The lowest BCUT2D eigenvalue weighted by Gasteiger charge is -2.27. The molecule has 0 radical (unpaired) electrons. The normalized spacial score (nSPS) is 26.4. The molecule has 1 aliphatic heterocycles. The van der Waals surface area contributed by atoms with Crippen LogP contribution < -0.4 is 5.32 Å². The number of nitrogens with zero attached hydrogens (tertiary/aromatic N) is 1. The van der Waals surface area contributed by atoms with Crippen molar-refractivity contribution in [3.8, 4) is 0 Å². The lowest BCUT2D eigenvalue weighted by molar-refractivity contribution is -0.138. The van der Waals surface area contributed by atoms with E-state index >= 15 is 0 Å². The van der Waals surface area contributed by atoms with Gasteiger partial charge < -0.3 is 14.8 Å². The maximum absolute atomic E-state index is 10.6. The third-order valence-electron chi connectivity index (χ3n) is 2.73. The van der Waals surface area contributed by atoms with Gasteiger partial charge in [-0.05, 0) is 25.3 Å². The number of aliphatic carboxylic acids is 1. The van der Waals surface area contributed by atoms with E-state index in [1.165, 1.54) is 6.26 Å². The highest BCUT2D eigenvalue weighted by molar-refractivity contribution is 5.67. The number of piperidine rings is 1. The Labute approximate surface area is 87.5 Å². The smallest absolute Gasteiger partial charge is 0.303 e. The first-order valence-corrected chi connectivity index (χ1v) is 5.10. The molecule has 82 valence electrons. The zero-order valence-corrected chi connectivity index (χ0v) is 8.35. The molecule has 0 spiro atoms. The molecule has 5 nitrogen and oxygen atoms in total. The molecule has 2 unspecified atom stereocenters. The van der Waals surface area contributed by atoms with Crippen molar-refractivity contribution >= 4 is 5.97 Å². The molecule has 15 heavy (non-hydrogen) atoms. The number of oxazole rings is 1. The Morgan fingerprint density at radius 1 is 1.73 bits per heavy atom. The first kappa shape index (κ1) is 10.2. The lowest BCUT2D eigenvalue weighted by Crippen LogP contribution is -2.32. The summed E-state index contributed by atoms with van der Waals surface area (Å²) in [6.07, 6.45) is 5.07. The van der Waals surface area contributed by atoms with E-state index in [4.69, 9.17) is 9.52 Å². The molecule has 1 aliphatic rings. The first-order valence-electron chi connectivity index (χ1n) is 5.10. The van der Waals surface area contributed by atoms with Crippen molar-refractivity contribution in [3.63, 3.8) is 0 Å². The molecule has 2 heterocycles. The summed E-state index contributed by atoms with van der Waals surface area (Å²) < 4.78 is 5.21. The van der Waals surface area contributed by atoms with Gasteiger partial charge in [0.05, 0.1) is 12.2 Å². The molecule has 2 N–H and O–H groups in total. The maximum atomic E-state index is 10.6. The Bertz CT molecular complexity index is 323. The molecular weight excluding hydrogens is 196 g/mol. The Hall–Kier alpha value is -1.36. The second kappa shape index (κ2) is 4.44. The highest BCUT2D eigenvalue weighted by Gasteiger charge is 2.26. The Kier molecular flexibility index (Phi) is 3.01. The number of carboxylic acid groups (broad SMARTS) is 1. The van der Waals surface area contributed by atoms with Crippen molar-refractivity contribution in [1.29, 1.82) is 0 Å². The van der Waals surface area contributed by atoms with E-state index in [9.17, 15) is 4.79 Å². The van der Waals surface area contributed by atoms with Gasteiger partial charge in [0.15, 0.2) is 0 Å². The van der Waals surface area contributed by atoms with Gasteiger partial charge in [-0.25, -0.2) is 4.98 Å². The van der Waals surface area contributed by atoms with E-state index in [0.29, 0.717) is 5.89 Å². The van der Waals surface area contributed by atoms with Crippen molar-refractivity contribution in [1.82, 2.24) is 10.3 Å². The number of carboxylic acids is 1. The van der Waals surface area contributed by atoms with Crippen LogP contribution in [0.15, 0.2) is 16.9 Å². The molecule has 1 aromatic heterocycles. The largest absolute Gasteiger partial charge is 0.481 e. The number of hydrogen-bond donors (Lipinski definition) is 2. The van der Waals surface area contributed by atoms with Crippen molar-refractivity contribution in [3.05, 3.63) is 18.4 Å². The van der Waals surface area contributed by atoms with Crippen LogP contribution in [0.3, 0.4) is 0 Å². The second-order valence-electron chi connectivity index (χ2n) is 3.87. The molecule has 0 amide bonds. The van der Waals surface area contributed by atoms with Gasteiger partial charge in [0.1, 0.15) is 6.26 Å². The molecule has 5 heteroatoms. The predicted molar refractivity (Wildman–Crippen MR) is 52.2 cm³/mol. The summed E-state index contributed by atoms with van der Waals surface area (Å²) >= 11 is 0. The van der Waals surface area contributed by atoms with E-state index in [0.717, 1.165) is 19.4 Å². The number of rotatable bonds is 3. The van der Waals surface area contributed by atoms with Gasteiger partial charge in [0.25, 0.3) is 0 Å². The number of nitrogens with one attached hydrogen (secondary N) is 1. The van der Waals surface area contributed by atoms with Gasteiger partial charge in [0, 0.05) is 6.42 Å². The third-order valence-corrected chi connectivity index (χ3v) is 2.73. The Morgan fingerprint density at radius 2 is 2.60 bits per heavy atom. The summed E-state index contributed by atoms with van der Waals surface area (Å²) in [4.78, 5) is 14.7. The summed E-state index contributed by atoms with van der Waals surface area (Å²) in [5, 5.41) is 12.0. The van der Waals surface area contributed by atoms with Gasteiger partial charge in [-0.2, -0.15) is 0 Å². The average molecular weight is 210 g/mol. The fraction of sp³-hybridized carbons (Fsp3) is 0.600. The van der Waals surface area contributed by atoms with Crippen LogP contribution >= 0.6 is 0 Å². The van der Waals surface area contributed by atoms with Crippen LogP contribution in [-0.4, -0.2) is 22.6 Å². The second-order valence-corrected chi connectivity index (χ2v) is 3.87. The summed E-state index contributed by atoms with van der Waals surface area (Å²) in [5.74, 6) is 0.152. The Balaban J connectivity index is 1.95. The topological polar surface area (TPSA) is 75.4 Å². The third kappa shape index (κ3) is 2.56. The maximum Gasteiger partial charge on any atom is 0.303 e. The fourth-order valence-electron chi connectivity index (χ4n) is 2.02. The summed E-state index contributed by atoms with van der Waals surface area (Å²) in [6.45, 7) is 0.824. The van der Waals surface area contributed by atoms with E-state index < -0.39 is 5.97 Å². The van der Waals surface area contributed by atoms with E-state index in [1.54, 1.807) is 6.20 Å². The Morgan fingerprint density at radius 3 is 3.27 bits per heavy atom. The SMILES string of the molecule is O=C(O)CC1CCNC(c2ncco2)C1. The molecule has 0 aromatic carbocycles. The van der Waals surface area contributed by atoms with E-state index in [1.807, 2.05) is 0 Å². The summed E-state index contributed by atoms with van der Waals surface area (Å²) in [6, 6.07) is 0.0677. The molecule has 0 aliphatic carbocycles. The van der Waals surface area contributed by atoms with Gasteiger partial charge in [-0.3, -0.25) is 4.79 Å². The quantitative estimate of drug-likeness (QED) is 0.783. The molecule has 0 saturated carbocycles. The molecule has 1 aromatic rings. The number of carbonyl (C=O) groups is 1. The average Bonchev–Trinajstić information content (AvgIpc) is 2.69. The zero-order chi connectivity index (χ0) is 10.7. The van der Waals surface area contributed by atoms with E-state index in [2.05, 4.69) is 10.3 Å². The fourth-order valence-corrected chi connectivity index (χ4v) is 2.02. The highest BCUT2D eigenvalue weighted by atomic mass is 16.4. The molecule has 1 saturated heterocycles. The first-order chi connectivity index (χ1) is 7.25. The molecule has 0 bridgehead atoms. The minimum absolute atomic E-state index is 0.0677. The van der Waals surface area contributed by atoms with Crippen LogP contribution in [0.5, 0.6) is 0 Å². The minimum Gasteiger partial charge on any atom is -0.481 e. The van der Waals surface area contributed by atoms with Crippen molar-refractivity contribution in [2.75, 3.05) is 6.54 Å². The predicted octanol–water partition coefficient (Wildman–Crippen LogP) is 1.19. The summed E-state index contributed by atoms with van der Waals surface area (Å²) in [5.41, 5.74) is 0. The molecule has 2 rings (SSSR count). The minimum atomic E-state index is -0.729. The monoisotopic (exact) mass is 210 g/mol. The van der Waals surface area contributed by atoms with Crippen molar-refractivity contribution in [2.24, 2.45) is 5.92 Å². The highest BCUT2D eigenvalue weighted by Crippen LogP contribution is 2.28. The van der Waals surface area contributed by atoms with Crippen molar-refractivity contribution in [2.45, 2.75) is 25.3 Å². The van der Waals surface area contributed by atoms with Crippen molar-refractivity contribution < 1.29 is 14.3 Å². The van der Waals surface area contributed by atoms with Crippen LogP contribution in [0.4, 0.5) is 0 Å². The lowest BCUT2D eigenvalue weighted by atomic mass is 9.90. The van der Waals surface area contributed by atoms with Gasteiger partial charge in [-0.1, -0.05) is 0 Å². The standard InChI is InChI=1S/C10H14N2O3/c13-9(14)6-7-1-2-11-8(5-7)10-12-3-4-15-10/h3-4,7-8,11H,1-2,5-6H2,(H,13,14). The number of aromatic nitrogens is 1. The van der Waals surface area contributed by atoms with Gasteiger partial charge >= 0.3 is 5.97 Å². The molecule has 2 atom stereocenters. The summed E-state index contributed by atoms with van der Waals surface area (Å²) in [7, 11) is 0.